The van der Waals surface area contributed by atoms with Crippen LogP contribution in [0.2, 0.25) is 0 Å². The number of fused-ring (bicyclic) bond motifs is 1. The first kappa shape index (κ1) is 10.6. The van der Waals surface area contributed by atoms with Gasteiger partial charge in [-0.1, -0.05) is 6.92 Å². The molecular weight excluding hydrogens is 190 g/mol. The molecule has 2 rings (SSSR count). The maximum absolute atomic E-state index is 10.7. The van der Waals surface area contributed by atoms with Crippen molar-refractivity contribution in [2.75, 3.05) is 6.54 Å². The zero-order valence-corrected chi connectivity index (χ0v) is 9.40. The summed E-state index contributed by atoms with van der Waals surface area (Å²) in [6, 6.07) is 0. The maximum Gasteiger partial charge on any atom is 0.0967 e. The number of hydrogen-bond acceptors (Lipinski definition) is 3. The average Bonchev–Trinajstić information content (AvgIpc) is 2.56. The highest BCUT2D eigenvalue weighted by molar-refractivity contribution is 5.29. The van der Waals surface area contributed by atoms with Crippen LogP contribution in [0.25, 0.3) is 0 Å². The molecule has 1 aliphatic rings. The van der Waals surface area contributed by atoms with Crippen molar-refractivity contribution in [3.8, 4) is 0 Å². The molecule has 4 nitrogen and oxygen atoms in total. The molecule has 1 aromatic rings. The van der Waals surface area contributed by atoms with E-state index in [9.17, 15) is 5.11 Å². The molecule has 0 amide bonds. The fourth-order valence-corrected chi connectivity index (χ4v) is 2.58. The third-order valence-corrected chi connectivity index (χ3v) is 3.68. The molecule has 0 bridgehead atoms. The SMILES string of the molecule is CC1CCc2c(cnn2C)C1(O)CCN. The molecule has 4 heteroatoms. The fourth-order valence-electron chi connectivity index (χ4n) is 2.58. The van der Waals surface area contributed by atoms with Crippen LogP contribution in [0.4, 0.5) is 0 Å². The van der Waals surface area contributed by atoms with Gasteiger partial charge in [-0.15, -0.1) is 0 Å². The summed E-state index contributed by atoms with van der Waals surface area (Å²) in [5.74, 6) is 0.262. The van der Waals surface area contributed by atoms with Crippen molar-refractivity contribution in [1.82, 2.24) is 9.78 Å². The molecule has 2 atom stereocenters. The predicted molar refractivity (Wildman–Crippen MR) is 58.3 cm³/mol. The van der Waals surface area contributed by atoms with Crippen LogP contribution in [0, 0.1) is 5.92 Å². The summed E-state index contributed by atoms with van der Waals surface area (Å²) >= 11 is 0. The first-order valence-corrected chi connectivity index (χ1v) is 5.53. The van der Waals surface area contributed by atoms with Crippen LogP contribution in [0.15, 0.2) is 6.20 Å². The topological polar surface area (TPSA) is 64.1 Å². The van der Waals surface area contributed by atoms with Gasteiger partial charge in [0, 0.05) is 18.3 Å². The lowest BCUT2D eigenvalue weighted by atomic mass is 9.73. The third kappa shape index (κ3) is 1.48. The molecule has 15 heavy (non-hydrogen) atoms. The molecular formula is C11H19N3O. The van der Waals surface area contributed by atoms with Gasteiger partial charge in [0.1, 0.15) is 0 Å². The average molecular weight is 209 g/mol. The summed E-state index contributed by atoms with van der Waals surface area (Å²) < 4.78 is 1.86. The highest BCUT2D eigenvalue weighted by Crippen LogP contribution is 2.41. The molecule has 0 aliphatic heterocycles. The third-order valence-electron chi connectivity index (χ3n) is 3.68. The van der Waals surface area contributed by atoms with Crippen molar-refractivity contribution < 1.29 is 5.11 Å². The summed E-state index contributed by atoms with van der Waals surface area (Å²) in [7, 11) is 1.93. The lowest BCUT2D eigenvalue weighted by molar-refractivity contribution is -0.0337. The van der Waals surface area contributed by atoms with E-state index in [4.69, 9.17) is 5.73 Å². The Morgan fingerprint density at radius 2 is 2.47 bits per heavy atom. The van der Waals surface area contributed by atoms with Crippen molar-refractivity contribution in [2.24, 2.45) is 18.7 Å². The molecule has 0 spiro atoms. The van der Waals surface area contributed by atoms with Crippen molar-refractivity contribution >= 4 is 0 Å². The van der Waals surface area contributed by atoms with Crippen LogP contribution in [0.3, 0.4) is 0 Å². The molecule has 2 unspecified atom stereocenters. The normalized spacial score (nSPS) is 30.3. The van der Waals surface area contributed by atoms with Crippen LogP contribution < -0.4 is 5.73 Å². The Morgan fingerprint density at radius 3 is 3.13 bits per heavy atom. The van der Waals surface area contributed by atoms with Gasteiger partial charge in [-0.25, -0.2) is 0 Å². The molecule has 3 N–H and O–H groups in total. The molecule has 0 fully saturated rings. The molecule has 0 radical (unpaired) electrons. The van der Waals surface area contributed by atoms with E-state index in [0.29, 0.717) is 13.0 Å². The Balaban J connectivity index is 2.45. The van der Waals surface area contributed by atoms with Gasteiger partial charge in [0.05, 0.1) is 11.8 Å². The van der Waals surface area contributed by atoms with Gasteiger partial charge in [0.25, 0.3) is 0 Å². The van der Waals surface area contributed by atoms with Gasteiger partial charge in [0.15, 0.2) is 0 Å². The van der Waals surface area contributed by atoms with Crippen LogP contribution in [-0.4, -0.2) is 21.4 Å². The van der Waals surface area contributed by atoms with Gasteiger partial charge in [-0.2, -0.15) is 5.10 Å². The lowest BCUT2D eigenvalue weighted by Crippen LogP contribution is -2.39. The predicted octanol–water partition coefficient (Wildman–Crippen LogP) is 0.539. The maximum atomic E-state index is 10.7. The summed E-state index contributed by atoms with van der Waals surface area (Å²) in [5, 5.41) is 14.9. The van der Waals surface area contributed by atoms with E-state index in [-0.39, 0.29) is 5.92 Å². The smallest absolute Gasteiger partial charge is 0.0967 e. The van der Waals surface area contributed by atoms with E-state index in [2.05, 4.69) is 12.0 Å². The summed E-state index contributed by atoms with van der Waals surface area (Å²) in [6.07, 6.45) is 4.41. The number of nitrogens with two attached hydrogens (primary N) is 1. The number of hydrogen-bond donors (Lipinski definition) is 2. The number of aryl methyl sites for hydroxylation is 1. The molecule has 1 heterocycles. The second-order valence-electron chi connectivity index (χ2n) is 4.53. The second-order valence-corrected chi connectivity index (χ2v) is 4.53. The number of rotatable bonds is 2. The van der Waals surface area contributed by atoms with E-state index in [0.717, 1.165) is 24.1 Å². The Hall–Kier alpha value is -0.870. The van der Waals surface area contributed by atoms with Crippen molar-refractivity contribution in [2.45, 2.75) is 31.8 Å². The fraction of sp³-hybridized carbons (Fsp3) is 0.727. The first-order valence-electron chi connectivity index (χ1n) is 5.53. The molecule has 0 aromatic carbocycles. The quantitative estimate of drug-likeness (QED) is 0.747. The van der Waals surface area contributed by atoms with E-state index in [1.54, 1.807) is 6.20 Å². The van der Waals surface area contributed by atoms with Crippen LogP contribution in [-0.2, 0) is 19.1 Å². The van der Waals surface area contributed by atoms with Gasteiger partial charge in [0.2, 0.25) is 0 Å². The summed E-state index contributed by atoms with van der Waals surface area (Å²) in [4.78, 5) is 0. The Bertz CT molecular complexity index is 361. The van der Waals surface area contributed by atoms with Crippen molar-refractivity contribution in [3.63, 3.8) is 0 Å². The highest BCUT2D eigenvalue weighted by Gasteiger charge is 2.41. The van der Waals surface area contributed by atoms with E-state index in [1.807, 2.05) is 11.7 Å². The van der Waals surface area contributed by atoms with Crippen molar-refractivity contribution in [3.05, 3.63) is 17.5 Å². The lowest BCUT2D eigenvalue weighted by Gasteiger charge is -2.38. The summed E-state index contributed by atoms with van der Waals surface area (Å²) in [6.45, 7) is 2.60. The molecule has 84 valence electrons. The number of aliphatic hydroxyl groups is 1. The Morgan fingerprint density at radius 1 is 1.73 bits per heavy atom. The highest BCUT2D eigenvalue weighted by atomic mass is 16.3. The van der Waals surface area contributed by atoms with Crippen molar-refractivity contribution in [1.29, 1.82) is 0 Å². The molecule has 0 saturated heterocycles. The minimum atomic E-state index is -0.767. The van der Waals surface area contributed by atoms with E-state index < -0.39 is 5.60 Å². The Labute approximate surface area is 90.1 Å². The minimum absolute atomic E-state index is 0.262. The van der Waals surface area contributed by atoms with E-state index in [1.165, 1.54) is 0 Å². The van der Waals surface area contributed by atoms with E-state index >= 15 is 0 Å². The first-order chi connectivity index (χ1) is 7.09. The van der Waals surface area contributed by atoms with Crippen LogP contribution >= 0.6 is 0 Å². The summed E-state index contributed by atoms with van der Waals surface area (Å²) in [5.41, 5.74) is 6.95. The standard InChI is InChI=1S/C11H19N3O/c1-8-3-4-10-9(7-13-14(10)2)11(8,15)5-6-12/h7-8,15H,3-6,12H2,1-2H3. The van der Waals surface area contributed by atoms with Crippen LogP contribution in [0.5, 0.6) is 0 Å². The van der Waals surface area contributed by atoms with Gasteiger partial charge < -0.3 is 10.8 Å². The van der Waals surface area contributed by atoms with Gasteiger partial charge in [-0.3, -0.25) is 4.68 Å². The largest absolute Gasteiger partial charge is 0.385 e. The number of aromatic nitrogens is 2. The van der Waals surface area contributed by atoms with Crippen LogP contribution in [0.1, 0.15) is 31.0 Å². The molecule has 1 aliphatic carbocycles. The number of nitrogens with zero attached hydrogens (tertiary/aromatic N) is 2. The molecule has 0 saturated carbocycles. The Kier molecular flexibility index (Phi) is 2.56. The monoisotopic (exact) mass is 209 g/mol. The minimum Gasteiger partial charge on any atom is -0.385 e. The second kappa shape index (κ2) is 3.61. The zero-order valence-electron chi connectivity index (χ0n) is 9.40. The zero-order chi connectivity index (χ0) is 11.1. The van der Waals surface area contributed by atoms with Gasteiger partial charge in [-0.05, 0) is 31.7 Å². The van der Waals surface area contributed by atoms with Gasteiger partial charge >= 0.3 is 0 Å². The molecule has 1 aromatic heterocycles.